The highest BCUT2D eigenvalue weighted by molar-refractivity contribution is 5.85. The van der Waals surface area contributed by atoms with Gasteiger partial charge in [0.1, 0.15) is 0 Å². The van der Waals surface area contributed by atoms with Crippen LogP contribution in [-0.2, 0) is 14.3 Å². The molecular weight excluding hydrogens is 292 g/mol. The highest BCUT2D eigenvalue weighted by Crippen LogP contribution is 2.02. The number of aliphatic hydroxyl groups is 2. The molecule has 0 radical (unpaired) electrons. The molecule has 1 rings (SSSR count). The third-order valence-corrected chi connectivity index (χ3v) is 1.81. The van der Waals surface area contributed by atoms with E-state index in [2.05, 4.69) is 13.2 Å². The minimum atomic E-state index is -0.935. The molecule has 0 spiro atoms. The lowest BCUT2D eigenvalue weighted by Gasteiger charge is -2.08. The highest BCUT2D eigenvalue weighted by Gasteiger charge is 1.95. The molecule has 0 aliphatic carbocycles. The average Bonchev–Trinajstić information content (AvgIpc) is 2.54. The number of aliphatic carboxylic acids is 2. The van der Waals surface area contributed by atoms with E-state index in [1.807, 2.05) is 0 Å². The largest absolute Gasteiger partial charge is 0.478 e. The van der Waals surface area contributed by atoms with Crippen molar-refractivity contribution >= 4 is 11.9 Å². The van der Waals surface area contributed by atoms with Crippen molar-refractivity contribution in [3.8, 4) is 0 Å². The molecule has 1 fully saturated rings. The lowest BCUT2D eigenvalue weighted by atomic mass is 10.2. The lowest BCUT2D eigenvalue weighted by Crippen LogP contribution is -2.03. The second-order valence-electron chi connectivity index (χ2n) is 3.84. The molecule has 0 saturated carbocycles. The molecule has 0 amide bonds. The van der Waals surface area contributed by atoms with Crippen molar-refractivity contribution in [3.05, 3.63) is 24.3 Å². The van der Waals surface area contributed by atoms with Gasteiger partial charge in [-0.25, -0.2) is 9.59 Å². The van der Waals surface area contributed by atoms with E-state index < -0.39 is 11.9 Å². The number of hydrogen-bond acceptors (Lipinski definition) is 5. The van der Waals surface area contributed by atoms with Crippen LogP contribution in [0.5, 0.6) is 0 Å². The van der Waals surface area contributed by atoms with Gasteiger partial charge >= 0.3 is 11.9 Å². The fourth-order valence-electron chi connectivity index (χ4n) is 0.687. The predicted molar refractivity (Wildman–Crippen MR) is 85.9 cm³/mol. The van der Waals surface area contributed by atoms with E-state index in [9.17, 15) is 9.59 Å². The van der Waals surface area contributed by atoms with Crippen LogP contribution in [-0.4, -0.2) is 59.8 Å². The van der Waals surface area contributed by atoms with E-state index in [1.54, 1.807) is 0 Å². The molecule has 1 heterocycles. The molecule has 7 heteroatoms. The van der Waals surface area contributed by atoms with Gasteiger partial charge in [-0.1, -0.05) is 13.2 Å². The van der Waals surface area contributed by atoms with Crippen molar-refractivity contribution in [1.29, 1.82) is 0 Å². The number of carboxylic acids is 2. The smallest absolute Gasteiger partial charge is 0.330 e. The zero-order chi connectivity index (χ0) is 18.6. The third-order valence-electron chi connectivity index (χ3n) is 1.81. The van der Waals surface area contributed by atoms with Crippen LogP contribution in [0.2, 0.25) is 0 Å². The summed E-state index contributed by atoms with van der Waals surface area (Å²) in [5.74, 6) is -1.87. The van der Waals surface area contributed by atoms with Crippen LogP contribution >= 0.6 is 0 Å². The van der Waals surface area contributed by atoms with Crippen LogP contribution in [0, 0.1) is 0 Å². The Morgan fingerprint density at radius 1 is 0.773 bits per heavy atom. The topological polar surface area (TPSA) is 124 Å². The Morgan fingerprint density at radius 2 is 1.00 bits per heavy atom. The van der Waals surface area contributed by atoms with E-state index in [0.717, 1.165) is 27.4 Å². The average molecular weight is 322 g/mol. The number of hydrogen-bond donors (Lipinski definition) is 4. The Kier molecular flexibility index (Phi) is 31.5. The molecule has 4 N–H and O–H groups in total. The Balaban J connectivity index is -0.0000000990. The summed E-state index contributed by atoms with van der Waals surface area (Å²) in [4.78, 5) is 19.2. The summed E-state index contributed by atoms with van der Waals surface area (Å²) in [5, 5.41) is 29.8. The quantitative estimate of drug-likeness (QED) is 0.570. The first-order valence-electron chi connectivity index (χ1n) is 6.53. The Bertz CT molecular complexity index is 235. The summed E-state index contributed by atoms with van der Waals surface area (Å²) in [6, 6.07) is 0. The van der Waals surface area contributed by atoms with E-state index in [1.165, 1.54) is 33.1 Å². The minimum absolute atomic E-state index is 0.176. The van der Waals surface area contributed by atoms with Gasteiger partial charge in [0.25, 0.3) is 0 Å². The van der Waals surface area contributed by atoms with E-state index in [-0.39, 0.29) is 11.1 Å². The van der Waals surface area contributed by atoms with Gasteiger partial charge in [0.2, 0.25) is 0 Å². The van der Waals surface area contributed by atoms with Gasteiger partial charge in [-0.3, -0.25) is 0 Å². The summed E-state index contributed by atoms with van der Waals surface area (Å²) in [5.41, 5.74) is 0.352. The standard InChI is InChI=1S/C5H10O.2C4H6O2.2CH4O/c1-2-4-6-5-3-1;2*1-3(2)4(5)6;2*1-2/h1-5H2;2*1H2,2H3,(H,5,6);2*2H,1H3. The van der Waals surface area contributed by atoms with Gasteiger partial charge in [-0.2, -0.15) is 0 Å². The molecule has 0 aromatic rings. The molecule has 22 heavy (non-hydrogen) atoms. The molecule has 132 valence electrons. The van der Waals surface area contributed by atoms with Crippen LogP contribution in [0.4, 0.5) is 0 Å². The molecule has 1 aliphatic rings. The number of carboxylic acid groups (broad SMARTS) is 2. The van der Waals surface area contributed by atoms with Gasteiger partial charge in [-0.05, 0) is 33.1 Å². The van der Waals surface area contributed by atoms with Crippen molar-refractivity contribution in [3.63, 3.8) is 0 Å². The monoisotopic (exact) mass is 322 g/mol. The van der Waals surface area contributed by atoms with Gasteiger partial charge in [0.05, 0.1) is 0 Å². The molecule has 0 unspecified atom stereocenters. The molecule has 0 bridgehead atoms. The number of aliphatic hydroxyl groups excluding tert-OH is 2. The first kappa shape index (κ1) is 28.5. The highest BCUT2D eigenvalue weighted by atomic mass is 16.5. The lowest BCUT2D eigenvalue weighted by molar-refractivity contribution is -0.133. The fraction of sp³-hybridized carbons (Fsp3) is 0.600. The Hall–Kier alpha value is -1.70. The van der Waals surface area contributed by atoms with Crippen LogP contribution in [0.15, 0.2) is 24.3 Å². The van der Waals surface area contributed by atoms with Crippen molar-refractivity contribution < 1.29 is 34.8 Å². The second kappa shape index (κ2) is 24.3. The molecule has 0 aromatic carbocycles. The maximum absolute atomic E-state index is 9.60. The van der Waals surface area contributed by atoms with Crippen LogP contribution in [0.25, 0.3) is 0 Å². The van der Waals surface area contributed by atoms with Crippen molar-refractivity contribution in [2.75, 3.05) is 27.4 Å². The normalized spacial score (nSPS) is 11.2. The predicted octanol–water partition coefficient (Wildman–Crippen LogP) is 1.70. The molecule has 7 nitrogen and oxygen atoms in total. The van der Waals surface area contributed by atoms with Crippen molar-refractivity contribution in [2.45, 2.75) is 33.1 Å². The molecule has 0 atom stereocenters. The molecule has 1 saturated heterocycles. The van der Waals surface area contributed by atoms with Crippen LogP contribution in [0.3, 0.4) is 0 Å². The maximum atomic E-state index is 9.60. The van der Waals surface area contributed by atoms with Gasteiger partial charge in [0, 0.05) is 38.6 Å². The Morgan fingerprint density at radius 3 is 1.05 bits per heavy atom. The van der Waals surface area contributed by atoms with Crippen molar-refractivity contribution in [1.82, 2.24) is 0 Å². The zero-order valence-corrected chi connectivity index (χ0v) is 14.0. The summed E-state index contributed by atoms with van der Waals surface area (Å²) in [7, 11) is 2.00. The maximum Gasteiger partial charge on any atom is 0.330 e. The van der Waals surface area contributed by atoms with Crippen molar-refractivity contribution in [2.24, 2.45) is 0 Å². The third kappa shape index (κ3) is 36.2. The van der Waals surface area contributed by atoms with Crippen LogP contribution < -0.4 is 0 Å². The number of rotatable bonds is 2. The molecule has 0 aromatic heterocycles. The first-order chi connectivity index (χ1) is 10.3. The first-order valence-corrected chi connectivity index (χ1v) is 6.53. The van der Waals surface area contributed by atoms with Crippen LogP contribution in [0.1, 0.15) is 33.1 Å². The van der Waals surface area contributed by atoms with E-state index in [0.29, 0.717) is 0 Å². The van der Waals surface area contributed by atoms with Gasteiger partial charge < -0.3 is 25.2 Å². The van der Waals surface area contributed by atoms with E-state index >= 15 is 0 Å². The summed E-state index contributed by atoms with van der Waals surface area (Å²) in [6.45, 7) is 11.2. The van der Waals surface area contributed by atoms with E-state index in [4.69, 9.17) is 25.2 Å². The van der Waals surface area contributed by atoms with Gasteiger partial charge in [0.15, 0.2) is 0 Å². The summed E-state index contributed by atoms with van der Waals surface area (Å²) >= 11 is 0. The number of carbonyl (C=O) groups is 2. The SMILES string of the molecule is C1CCOCC1.C=C(C)C(=O)O.C=C(C)C(=O)O.CO.CO. The fourth-order valence-corrected chi connectivity index (χ4v) is 0.687. The van der Waals surface area contributed by atoms with Gasteiger partial charge in [-0.15, -0.1) is 0 Å². The minimum Gasteiger partial charge on any atom is -0.478 e. The Labute approximate surface area is 132 Å². The zero-order valence-electron chi connectivity index (χ0n) is 14.0. The molecular formula is C15H30O7. The number of ether oxygens (including phenoxy) is 1. The molecule has 1 aliphatic heterocycles. The summed E-state index contributed by atoms with van der Waals surface area (Å²) in [6.07, 6.45) is 3.93. The summed E-state index contributed by atoms with van der Waals surface area (Å²) < 4.78 is 5.07. The second-order valence-corrected chi connectivity index (χ2v) is 3.84.